The van der Waals surface area contributed by atoms with E-state index in [0.29, 0.717) is 12.2 Å². The van der Waals surface area contributed by atoms with Crippen LogP contribution in [0.2, 0.25) is 0 Å². The summed E-state index contributed by atoms with van der Waals surface area (Å²) in [5.41, 5.74) is 7.81. The first-order valence-corrected chi connectivity index (χ1v) is 10.3. The zero-order valence-electron chi connectivity index (χ0n) is 16.5. The molecule has 1 amide bonds. The average Bonchev–Trinajstić information content (AvgIpc) is 2.74. The summed E-state index contributed by atoms with van der Waals surface area (Å²) in [6.07, 6.45) is 0.704. The minimum atomic E-state index is -0.302. The molecule has 1 N–H and O–H groups in total. The normalized spacial score (nSPS) is 11.2. The minimum absolute atomic E-state index is 0.102. The number of rotatable bonds is 7. The van der Waals surface area contributed by atoms with Crippen LogP contribution in [0.3, 0.4) is 0 Å². The Morgan fingerprint density at radius 1 is 1.00 bits per heavy atom. The van der Waals surface area contributed by atoms with Crippen molar-refractivity contribution in [3.63, 3.8) is 0 Å². The van der Waals surface area contributed by atoms with Crippen LogP contribution in [-0.2, 0) is 4.79 Å². The van der Waals surface area contributed by atoms with Crippen LogP contribution in [0.5, 0.6) is 5.75 Å². The van der Waals surface area contributed by atoms with Crippen LogP contribution in [0.4, 0.5) is 0 Å². The predicted octanol–water partition coefficient (Wildman–Crippen LogP) is 5.73. The fourth-order valence-corrected chi connectivity index (χ4v) is 3.47. The molecule has 0 aromatic heterocycles. The van der Waals surface area contributed by atoms with Gasteiger partial charge in [0.15, 0.2) is 6.61 Å². The van der Waals surface area contributed by atoms with E-state index in [1.54, 1.807) is 0 Å². The molecule has 0 atom stereocenters. The van der Waals surface area contributed by atoms with Crippen LogP contribution in [0, 0.1) is 6.92 Å². The molecule has 0 fully saturated rings. The van der Waals surface area contributed by atoms with Crippen molar-refractivity contribution in [1.29, 1.82) is 0 Å². The molecular formula is C24H23BrN2O2. The summed E-state index contributed by atoms with van der Waals surface area (Å²) in [5.74, 6) is 0.325. The van der Waals surface area contributed by atoms with Crippen molar-refractivity contribution in [2.75, 3.05) is 6.61 Å². The van der Waals surface area contributed by atoms with Crippen LogP contribution in [0.25, 0.3) is 11.1 Å². The first kappa shape index (κ1) is 20.8. The van der Waals surface area contributed by atoms with E-state index in [1.165, 1.54) is 5.56 Å². The Morgan fingerprint density at radius 3 is 2.34 bits per heavy atom. The summed E-state index contributed by atoms with van der Waals surface area (Å²) in [6.45, 7) is 3.90. The number of nitrogens with zero attached hydrogens (tertiary/aromatic N) is 1. The molecule has 0 aliphatic carbocycles. The van der Waals surface area contributed by atoms with Gasteiger partial charge >= 0.3 is 0 Å². The molecule has 0 aliphatic heterocycles. The van der Waals surface area contributed by atoms with E-state index in [9.17, 15) is 4.79 Å². The van der Waals surface area contributed by atoms with Gasteiger partial charge in [0.1, 0.15) is 5.75 Å². The third kappa shape index (κ3) is 5.78. The lowest BCUT2D eigenvalue weighted by atomic mass is 10.0. The number of aryl methyl sites for hydroxylation is 1. The zero-order chi connectivity index (χ0) is 20.6. The van der Waals surface area contributed by atoms with Gasteiger partial charge in [0, 0.05) is 0 Å². The van der Waals surface area contributed by atoms with E-state index in [2.05, 4.69) is 50.7 Å². The summed E-state index contributed by atoms with van der Waals surface area (Å²) >= 11 is 3.44. The SMILES string of the molecule is CC/C(=N\NC(=O)COc1ccc(C)cc1Br)c1ccc(-c2ccccc2)cc1. The minimum Gasteiger partial charge on any atom is -0.483 e. The highest BCUT2D eigenvalue weighted by molar-refractivity contribution is 9.10. The highest BCUT2D eigenvalue weighted by Gasteiger charge is 2.07. The van der Waals surface area contributed by atoms with E-state index in [0.717, 1.165) is 26.9 Å². The Morgan fingerprint density at radius 2 is 1.69 bits per heavy atom. The number of carbonyl (C=O) groups excluding carboxylic acids is 1. The van der Waals surface area contributed by atoms with Crippen molar-refractivity contribution < 1.29 is 9.53 Å². The maximum absolute atomic E-state index is 12.1. The molecule has 0 radical (unpaired) electrons. The van der Waals surface area contributed by atoms with E-state index >= 15 is 0 Å². The highest BCUT2D eigenvalue weighted by atomic mass is 79.9. The van der Waals surface area contributed by atoms with Gasteiger partial charge in [0.05, 0.1) is 10.2 Å². The smallest absolute Gasteiger partial charge is 0.277 e. The van der Waals surface area contributed by atoms with Crippen LogP contribution in [0.1, 0.15) is 24.5 Å². The lowest BCUT2D eigenvalue weighted by Gasteiger charge is -2.09. The molecule has 3 aromatic rings. The Balaban J connectivity index is 1.61. The van der Waals surface area contributed by atoms with Crippen molar-refractivity contribution in [1.82, 2.24) is 5.43 Å². The molecule has 148 valence electrons. The molecular weight excluding hydrogens is 428 g/mol. The largest absolute Gasteiger partial charge is 0.483 e. The Kier molecular flexibility index (Phi) is 7.19. The van der Waals surface area contributed by atoms with Crippen molar-refractivity contribution in [3.05, 3.63) is 88.4 Å². The number of ether oxygens (including phenoxy) is 1. The fourth-order valence-electron chi connectivity index (χ4n) is 2.86. The summed E-state index contributed by atoms with van der Waals surface area (Å²) < 4.78 is 6.38. The van der Waals surface area contributed by atoms with E-state index in [-0.39, 0.29) is 12.5 Å². The van der Waals surface area contributed by atoms with Gasteiger partial charge in [-0.25, -0.2) is 5.43 Å². The molecule has 0 heterocycles. The van der Waals surface area contributed by atoms with Gasteiger partial charge in [0.25, 0.3) is 5.91 Å². The van der Waals surface area contributed by atoms with Crippen LogP contribution < -0.4 is 10.2 Å². The molecule has 29 heavy (non-hydrogen) atoms. The highest BCUT2D eigenvalue weighted by Crippen LogP contribution is 2.25. The molecule has 0 saturated carbocycles. The predicted molar refractivity (Wildman–Crippen MR) is 121 cm³/mol. The summed E-state index contributed by atoms with van der Waals surface area (Å²) in [5, 5.41) is 4.29. The van der Waals surface area contributed by atoms with Gasteiger partial charge < -0.3 is 4.74 Å². The molecule has 5 heteroatoms. The number of hydrazone groups is 1. The molecule has 4 nitrogen and oxygen atoms in total. The molecule has 3 rings (SSSR count). The van der Waals surface area contributed by atoms with Gasteiger partial charge in [-0.1, -0.05) is 67.6 Å². The first-order valence-electron chi connectivity index (χ1n) is 9.47. The second-order valence-electron chi connectivity index (χ2n) is 6.61. The number of halogens is 1. The summed E-state index contributed by atoms with van der Waals surface area (Å²) in [7, 11) is 0. The third-order valence-corrected chi connectivity index (χ3v) is 5.04. The number of hydrogen-bond donors (Lipinski definition) is 1. The maximum Gasteiger partial charge on any atom is 0.277 e. The van der Waals surface area contributed by atoms with Crippen molar-refractivity contribution in [2.45, 2.75) is 20.3 Å². The maximum atomic E-state index is 12.1. The Bertz CT molecular complexity index is 999. The molecule has 0 saturated heterocycles. The van der Waals surface area contributed by atoms with Gasteiger partial charge in [-0.05, 0) is 63.7 Å². The molecule has 0 bridgehead atoms. The van der Waals surface area contributed by atoms with Crippen LogP contribution in [0.15, 0.2) is 82.4 Å². The van der Waals surface area contributed by atoms with E-state index in [1.807, 2.05) is 62.4 Å². The standard InChI is InChI=1S/C24H23BrN2O2/c1-3-22(20-12-10-19(11-13-20)18-7-5-4-6-8-18)26-27-24(28)16-29-23-14-9-17(2)15-21(23)25/h4-15H,3,16H2,1-2H3,(H,27,28)/b26-22+. The molecule has 0 spiro atoms. The lowest BCUT2D eigenvalue weighted by Crippen LogP contribution is -2.26. The van der Waals surface area contributed by atoms with Gasteiger partial charge in [0.2, 0.25) is 0 Å². The second-order valence-corrected chi connectivity index (χ2v) is 7.47. The van der Waals surface area contributed by atoms with Gasteiger partial charge in [-0.15, -0.1) is 0 Å². The van der Waals surface area contributed by atoms with Gasteiger partial charge in [-0.3, -0.25) is 4.79 Å². The topological polar surface area (TPSA) is 50.7 Å². The number of benzene rings is 3. The van der Waals surface area contributed by atoms with Crippen LogP contribution in [-0.4, -0.2) is 18.2 Å². The molecule has 0 aliphatic rings. The molecule has 3 aromatic carbocycles. The third-order valence-electron chi connectivity index (χ3n) is 4.42. The number of carbonyl (C=O) groups is 1. The zero-order valence-corrected chi connectivity index (χ0v) is 18.1. The van der Waals surface area contributed by atoms with Gasteiger partial charge in [-0.2, -0.15) is 5.10 Å². The second kappa shape index (κ2) is 10.0. The van der Waals surface area contributed by atoms with Crippen molar-refractivity contribution in [2.24, 2.45) is 5.10 Å². The number of nitrogens with one attached hydrogen (secondary N) is 1. The summed E-state index contributed by atoms with van der Waals surface area (Å²) in [4.78, 5) is 12.1. The molecule has 0 unspecified atom stereocenters. The monoisotopic (exact) mass is 450 g/mol. The van der Waals surface area contributed by atoms with E-state index in [4.69, 9.17) is 4.74 Å². The van der Waals surface area contributed by atoms with Crippen LogP contribution >= 0.6 is 15.9 Å². The Hall–Kier alpha value is -2.92. The van der Waals surface area contributed by atoms with Crippen molar-refractivity contribution >= 4 is 27.5 Å². The first-order chi connectivity index (χ1) is 14.1. The lowest BCUT2D eigenvalue weighted by molar-refractivity contribution is -0.123. The Labute approximate surface area is 179 Å². The summed E-state index contributed by atoms with van der Waals surface area (Å²) in [6, 6.07) is 24.1. The number of amides is 1. The number of hydrogen-bond acceptors (Lipinski definition) is 3. The fraction of sp³-hybridized carbons (Fsp3) is 0.167. The average molecular weight is 451 g/mol. The quantitative estimate of drug-likeness (QED) is 0.368. The van der Waals surface area contributed by atoms with Crippen molar-refractivity contribution in [3.8, 4) is 16.9 Å². The van der Waals surface area contributed by atoms with E-state index < -0.39 is 0 Å².